The molecule has 0 unspecified atom stereocenters. The van der Waals surface area contributed by atoms with Crippen molar-refractivity contribution >= 4 is 17.2 Å². The molecule has 0 aliphatic heterocycles. The molecule has 174 valence electrons. The lowest BCUT2D eigenvalue weighted by molar-refractivity contribution is 0.102. The largest absolute Gasteiger partial charge is 0.322 e. The van der Waals surface area contributed by atoms with Gasteiger partial charge in [0.2, 0.25) is 0 Å². The van der Waals surface area contributed by atoms with E-state index >= 15 is 0 Å². The molecule has 5 rings (SSSR count). The van der Waals surface area contributed by atoms with Crippen LogP contribution in [0.15, 0.2) is 73.2 Å². The van der Waals surface area contributed by atoms with Crippen molar-refractivity contribution < 1.29 is 22.4 Å². The molecular weight excluding hydrogens is 460 g/mol. The third-order valence-corrected chi connectivity index (χ3v) is 5.58. The summed E-state index contributed by atoms with van der Waals surface area (Å²) in [6, 6.07) is 12.1. The average molecular weight is 476 g/mol. The number of halogens is 4. The van der Waals surface area contributed by atoms with Crippen molar-refractivity contribution in [1.82, 2.24) is 14.4 Å². The van der Waals surface area contributed by atoms with Crippen LogP contribution in [0.5, 0.6) is 0 Å². The summed E-state index contributed by atoms with van der Waals surface area (Å²) < 4.78 is 56.5. The van der Waals surface area contributed by atoms with Crippen LogP contribution in [-0.2, 0) is 0 Å². The van der Waals surface area contributed by atoms with Crippen LogP contribution in [0.1, 0.15) is 16.1 Å². The van der Waals surface area contributed by atoms with Gasteiger partial charge >= 0.3 is 0 Å². The fraction of sp³-hybridized carbons (Fsp3) is 0.0385. The molecule has 0 saturated carbocycles. The van der Waals surface area contributed by atoms with Gasteiger partial charge in [-0.2, -0.15) is 0 Å². The highest BCUT2D eigenvalue weighted by molar-refractivity contribution is 6.05. The zero-order chi connectivity index (χ0) is 24.7. The van der Waals surface area contributed by atoms with E-state index < -0.39 is 29.2 Å². The Labute approximate surface area is 196 Å². The van der Waals surface area contributed by atoms with Crippen LogP contribution < -0.4 is 5.32 Å². The van der Waals surface area contributed by atoms with Gasteiger partial charge in [0.05, 0.1) is 23.1 Å². The van der Waals surface area contributed by atoms with E-state index in [4.69, 9.17) is 0 Å². The van der Waals surface area contributed by atoms with Crippen molar-refractivity contribution in [2.45, 2.75) is 6.92 Å². The second kappa shape index (κ2) is 8.68. The van der Waals surface area contributed by atoms with Gasteiger partial charge in [-0.15, -0.1) is 0 Å². The van der Waals surface area contributed by atoms with Crippen LogP contribution in [0, 0.1) is 30.2 Å². The normalized spacial score (nSPS) is 11.1. The third kappa shape index (κ3) is 4.01. The number of pyridine rings is 2. The Kier molecular flexibility index (Phi) is 5.52. The van der Waals surface area contributed by atoms with Gasteiger partial charge in [0, 0.05) is 40.8 Å². The molecule has 0 spiro atoms. The van der Waals surface area contributed by atoms with Crippen LogP contribution in [0.2, 0.25) is 0 Å². The number of hydrogen-bond donors (Lipinski definition) is 1. The Bertz CT molecular complexity index is 1610. The smallest absolute Gasteiger partial charge is 0.257 e. The number of anilines is 1. The highest BCUT2D eigenvalue weighted by Crippen LogP contribution is 2.30. The lowest BCUT2D eigenvalue weighted by atomic mass is 10.0. The molecular formula is C26H16F4N4O. The number of hydrogen-bond acceptors (Lipinski definition) is 3. The van der Waals surface area contributed by atoms with Crippen molar-refractivity contribution in [3.63, 3.8) is 0 Å². The molecule has 0 aliphatic carbocycles. The predicted molar refractivity (Wildman–Crippen MR) is 123 cm³/mol. The molecule has 35 heavy (non-hydrogen) atoms. The van der Waals surface area contributed by atoms with E-state index in [9.17, 15) is 22.4 Å². The topological polar surface area (TPSA) is 59.3 Å². The Morgan fingerprint density at radius 1 is 0.857 bits per heavy atom. The van der Waals surface area contributed by atoms with Gasteiger partial charge in [0.1, 0.15) is 5.65 Å². The van der Waals surface area contributed by atoms with Crippen LogP contribution in [0.4, 0.5) is 23.2 Å². The van der Waals surface area contributed by atoms with Crippen LogP contribution in [-0.4, -0.2) is 20.3 Å². The monoisotopic (exact) mass is 476 g/mol. The number of carbonyl (C=O) groups is 1. The van der Waals surface area contributed by atoms with E-state index in [1.165, 1.54) is 24.4 Å². The standard InChI is InChI=1S/C26H16F4N4O/c1-14-19(26(35)33-16-7-8-20(27)22(29)11-16)10-15(12-31-14)17-5-3-9-34-23(13-32-25(17)34)18-4-2-6-21(28)24(18)30/h2-13H,1H3,(H,33,35). The van der Waals surface area contributed by atoms with Crippen molar-refractivity contribution in [2.24, 2.45) is 0 Å². The van der Waals surface area contributed by atoms with Crippen molar-refractivity contribution in [2.75, 3.05) is 5.32 Å². The first kappa shape index (κ1) is 22.3. The summed E-state index contributed by atoms with van der Waals surface area (Å²) in [6.07, 6.45) is 4.68. The van der Waals surface area contributed by atoms with E-state index in [0.717, 1.165) is 18.2 Å². The zero-order valence-electron chi connectivity index (χ0n) is 18.2. The van der Waals surface area contributed by atoms with Crippen molar-refractivity contribution in [3.05, 3.63) is 108 Å². The Morgan fingerprint density at radius 3 is 2.46 bits per heavy atom. The first-order valence-electron chi connectivity index (χ1n) is 10.5. The second-order valence-corrected chi connectivity index (χ2v) is 7.80. The summed E-state index contributed by atoms with van der Waals surface area (Å²) in [4.78, 5) is 21.6. The Morgan fingerprint density at radius 2 is 1.66 bits per heavy atom. The molecule has 0 atom stereocenters. The minimum atomic E-state index is -1.08. The number of rotatable bonds is 4. The number of nitrogens with zero attached hydrogens (tertiary/aromatic N) is 3. The highest BCUT2D eigenvalue weighted by atomic mass is 19.2. The molecule has 2 aromatic carbocycles. The number of carbonyl (C=O) groups excluding carboxylic acids is 1. The van der Waals surface area contributed by atoms with Crippen LogP contribution >= 0.6 is 0 Å². The Hall–Kier alpha value is -4.53. The lowest BCUT2D eigenvalue weighted by Gasteiger charge is -2.11. The molecule has 1 N–H and O–H groups in total. The molecule has 0 radical (unpaired) electrons. The van der Waals surface area contributed by atoms with Gasteiger partial charge in [0.15, 0.2) is 23.3 Å². The van der Waals surface area contributed by atoms with E-state index in [-0.39, 0.29) is 16.8 Å². The molecule has 0 fully saturated rings. The minimum absolute atomic E-state index is 0.0586. The van der Waals surface area contributed by atoms with Gasteiger partial charge in [-0.05, 0) is 49.4 Å². The van der Waals surface area contributed by atoms with E-state index in [1.807, 2.05) is 0 Å². The lowest BCUT2D eigenvalue weighted by Crippen LogP contribution is -2.14. The van der Waals surface area contributed by atoms with Gasteiger partial charge in [-0.3, -0.25) is 14.2 Å². The van der Waals surface area contributed by atoms with E-state index in [1.54, 1.807) is 41.9 Å². The summed E-state index contributed by atoms with van der Waals surface area (Å²) in [6.45, 7) is 1.64. The van der Waals surface area contributed by atoms with Crippen LogP contribution in [0.3, 0.4) is 0 Å². The van der Waals surface area contributed by atoms with Gasteiger partial charge < -0.3 is 5.32 Å². The highest BCUT2D eigenvalue weighted by Gasteiger charge is 2.18. The maximum absolute atomic E-state index is 14.4. The quantitative estimate of drug-likeness (QED) is 0.315. The average Bonchev–Trinajstić information content (AvgIpc) is 3.27. The van der Waals surface area contributed by atoms with Gasteiger partial charge in [0.25, 0.3) is 5.91 Å². The SMILES string of the molecule is Cc1ncc(-c2cccn3c(-c4cccc(F)c4F)cnc23)cc1C(=O)Nc1ccc(F)c(F)c1. The molecule has 5 aromatic rings. The first-order chi connectivity index (χ1) is 16.8. The fourth-order valence-corrected chi connectivity index (χ4v) is 3.82. The molecule has 1 amide bonds. The summed E-state index contributed by atoms with van der Waals surface area (Å²) in [5, 5.41) is 2.54. The van der Waals surface area contributed by atoms with E-state index in [2.05, 4.69) is 15.3 Å². The number of nitrogens with one attached hydrogen (secondary N) is 1. The molecule has 9 heteroatoms. The number of imidazole rings is 1. The number of aryl methyl sites for hydroxylation is 1. The first-order valence-corrected chi connectivity index (χ1v) is 10.5. The molecule has 3 aromatic heterocycles. The predicted octanol–water partition coefficient (Wildman–Crippen LogP) is 6.18. The molecule has 5 nitrogen and oxygen atoms in total. The summed E-state index contributed by atoms with van der Waals surface area (Å²) in [7, 11) is 0. The maximum Gasteiger partial charge on any atom is 0.257 e. The number of aromatic nitrogens is 3. The summed E-state index contributed by atoms with van der Waals surface area (Å²) in [5.41, 5.74) is 2.75. The number of benzene rings is 2. The number of amides is 1. The molecule has 0 bridgehead atoms. The molecule has 0 aliphatic rings. The Balaban J connectivity index is 1.55. The second-order valence-electron chi connectivity index (χ2n) is 7.80. The van der Waals surface area contributed by atoms with Gasteiger partial charge in [-0.1, -0.05) is 6.07 Å². The summed E-state index contributed by atoms with van der Waals surface area (Å²) in [5.74, 6) is -4.60. The van der Waals surface area contributed by atoms with Crippen molar-refractivity contribution in [1.29, 1.82) is 0 Å². The van der Waals surface area contributed by atoms with Gasteiger partial charge in [-0.25, -0.2) is 22.5 Å². The number of fused-ring (bicyclic) bond motifs is 1. The van der Waals surface area contributed by atoms with Crippen molar-refractivity contribution in [3.8, 4) is 22.4 Å². The summed E-state index contributed by atoms with van der Waals surface area (Å²) >= 11 is 0. The molecule has 0 saturated heterocycles. The fourth-order valence-electron chi connectivity index (χ4n) is 3.82. The maximum atomic E-state index is 14.4. The molecule has 3 heterocycles. The van der Waals surface area contributed by atoms with Crippen LogP contribution in [0.25, 0.3) is 28.0 Å². The third-order valence-electron chi connectivity index (χ3n) is 5.58. The minimum Gasteiger partial charge on any atom is -0.322 e. The van der Waals surface area contributed by atoms with E-state index in [0.29, 0.717) is 28.2 Å². The zero-order valence-corrected chi connectivity index (χ0v) is 18.2.